The number of fused-ring (bicyclic) bond motifs is 35. The molecule has 0 spiro atoms. The zero-order valence-electron chi connectivity index (χ0n) is 71.0. The van der Waals surface area contributed by atoms with Crippen molar-refractivity contribution >= 4 is 121 Å². The van der Waals surface area contributed by atoms with Crippen LogP contribution in [-0.4, -0.2) is 76.8 Å². The van der Waals surface area contributed by atoms with E-state index in [0.29, 0.717) is 17.8 Å². The molecular formula is C103H72N21O2S+5. The molecule has 0 radical (unpaired) electrons. The van der Waals surface area contributed by atoms with Gasteiger partial charge in [0.2, 0.25) is 45.5 Å². The Morgan fingerprint density at radius 3 is 1.15 bits per heavy atom. The van der Waals surface area contributed by atoms with E-state index >= 15 is 0 Å². The molecule has 0 N–H and O–H groups in total. The number of nitrogens with zero attached hydrogens (tertiary/aromatic N) is 21. The molecule has 0 saturated carbocycles. The number of oxazole rings is 1. The highest BCUT2D eigenvalue weighted by Gasteiger charge is 2.44. The molecule has 0 saturated heterocycles. The van der Waals surface area contributed by atoms with Crippen LogP contribution < -0.4 is 22.8 Å². The summed E-state index contributed by atoms with van der Waals surface area (Å²) in [6, 6.07) is 86.8. The summed E-state index contributed by atoms with van der Waals surface area (Å²) in [5.41, 5.74) is 29.9. The van der Waals surface area contributed by atoms with Gasteiger partial charge in [0, 0.05) is 115 Å². The molecule has 0 unspecified atom stereocenters. The number of hydrogen-bond acceptors (Lipinski definition) is 12. The highest BCUT2D eigenvalue weighted by molar-refractivity contribution is 7.24. The molecule has 23 nitrogen and oxygen atoms in total. The lowest BCUT2D eigenvalue weighted by Gasteiger charge is -2.04. The quantitative estimate of drug-likeness (QED) is 0.149. The molecule has 5 aliphatic heterocycles. The maximum atomic E-state index is 8.21. The van der Waals surface area contributed by atoms with Gasteiger partial charge in [0.1, 0.15) is 51.0 Å². The first kappa shape index (κ1) is 68.8. The Kier molecular flexibility index (Phi) is 15.4. The Morgan fingerprint density at radius 1 is 0.307 bits per heavy atom. The van der Waals surface area contributed by atoms with Crippen molar-refractivity contribution in [3.05, 3.63) is 369 Å². The Labute approximate surface area is 730 Å². The molecule has 30 rings (SSSR count). The molecule has 24 heterocycles. The van der Waals surface area contributed by atoms with Gasteiger partial charge in [-0.2, -0.15) is 9.13 Å². The second-order valence-electron chi connectivity index (χ2n) is 32.0. The lowest BCUT2D eigenvalue weighted by atomic mass is 10.1. The van der Waals surface area contributed by atoms with E-state index in [4.69, 9.17) is 17.9 Å². The minimum absolute atomic E-state index is 0.464. The van der Waals surface area contributed by atoms with E-state index in [9.17, 15) is 0 Å². The Hall–Kier alpha value is -16.9. The number of rotatable bonds is 5. The van der Waals surface area contributed by atoms with Crippen LogP contribution in [0.4, 0.5) is 0 Å². The smallest absolute Gasteiger partial charge is 0.384 e. The van der Waals surface area contributed by atoms with E-state index in [1.165, 1.54) is 71.4 Å². The first-order chi connectivity index (χ1) is 64.1. The summed E-state index contributed by atoms with van der Waals surface area (Å²) < 4.78 is 63.3. The van der Waals surface area contributed by atoms with Gasteiger partial charge < -0.3 is 8.83 Å². The van der Waals surface area contributed by atoms with Crippen LogP contribution in [0.3, 0.4) is 0 Å². The minimum atomic E-state index is -2.36. The van der Waals surface area contributed by atoms with Gasteiger partial charge in [-0.1, -0.05) is 103 Å². The van der Waals surface area contributed by atoms with E-state index in [2.05, 4.69) is 261 Å². The normalized spacial score (nSPS) is 13.1. The number of hydrogen-bond donors (Lipinski definition) is 0. The summed E-state index contributed by atoms with van der Waals surface area (Å²) in [5.74, 6) is 5.33. The average molecular weight is 1670 g/mol. The summed E-state index contributed by atoms with van der Waals surface area (Å²) in [7, 11) is 2.10. The van der Waals surface area contributed by atoms with Crippen molar-refractivity contribution in [3.8, 4) is 85.4 Å². The third-order valence-electron chi connectivity index (χ3n) is 25.1. The topological polar surface area (TPSA) is 196 Å². The fraction of sp³-hybridized carbons (Fsp3) is 0.0680. The Balaban J connectivity index is 0.0000000862. The van der Waals surface area contributed by atoms with Crippen LogP contribution in [0, 0.1) is 0 Å². The van der Waals surface area contributed by atoms with Gasteiger partial charge in [-0.15, -0.1) is 4.57 Å². The summed E-state index contributed by atoms with van der Waals surface area (Å²) in [5, 5.41) is 5.34. The fourth-order valence-electron chi connectivity index (χ4n) is 19.8. The van der Waals surface area contributed by atoms with Crippen molar-refractivity contribution in [2.24, 2.45) is 14.0 Å². The number of pyridine rings is 9. The van der Waals surface area contributed by atoms with Crippen LogP contribution in [0.1, 0.15) is 31.9 Å². The summed E-state index contributed by atoms with van der Waals surface area (Å²) in [4.78, 5) is 42.1. The molecule has 5 aliphatic rings. The van der Waals surface area contributed by atoms with E-state index < -0.39 is 6.98 Å². The summed E-state index contributed by atoms with van der Waals surface area (Å²) in [6.07, 6.45) is 26.0. The molecule has 0 fully saturated rings. The second-order valence-corrected chi connectivity index (χ2v) is 33.0. The monoisotopic (exact) mass is 1670 g/mol. The predicted molar refractivity (Wildman–Crippen MR) is 488 cm³/mol. The molecule has 0 aliphatic carbocycles. The van der Waals surface area contributed by atoms with Gasteiger partial charge in [-0.3, -0.25) is 24.9 Å². The van der Waals surface area contributed by atoms with Crippen LogP contribution in [0.15, 0.2) is 350 Å². The number of aromatic nitrogens is 21. The van der Waals surface area contributed by atoms with Crippen molar-refractivity contribution in [3.63, 3.8) is 0 Å². The van der Waals surface area contributed by atoms with Crippen molar-refractivity contribution in [1.82, 2.24) is 76.8 Å². The van der Waals surface area contributed by atoms with Crippen molar-refractivity contribution < 1.29 is 35.8 Å². The molecular weight excluding hydrogens is 1600 g/mol. The SMILES string of the molecule is Cn1c2ncccc2c2c1[n+]1c(n2-c2ccccc2)-c2cnccc2C1.[2H]C([2H])([2H])n1c2ncccc2c2c1[n+]1c(n2-c2ccccc2)-c2cnccc2C1.c1ccc(-n2c3[n+](c4c2c2cccnc2n4-c2ccccc2)Cc2ccncc2-3)cc1.c1ccc(-n2c3[n+](c4oc5ccccc5c42)Cc2ccncc2-3)cc1.c1cnc2sc3c(oc4[n+]3Cc3ccncc3-4)c2c1. The third-order valence-corrected chi connectivity index (χ3v) is 26.2. The van der Waals surface area contributed by atoms with Crippen LogP contribution in [-0.2, 0) is 46.7 Å². The van der Waals surface area contributed by atoms with E-state index in [1.54, 1.807) is 23.7 Å². The fourth-order valence-corrected chi connectivity index (χ4v) is 20.9. The minimum Gasteiger partial charge on any atom is -0.419 e. The largest absolute Gasteiger partial charge is 0.419 e. The van der Waals surface area contributed by atoms with Gasteiger partial charge >= 0.3 is 16.4 Å². The van der Waals surface area contributed by atoms with Gasteiger partial charge in [0.25, 0.3) is 22.8 Å². The molecule has 6 aromatic carbocycles. The van der Waals surface area contributed by atoms with Gasteiger partial charge in [0.15, 0.2) is 23.1 Å². The average Bonchev–Trinajstić information content (AvgIpc) is 1.51. The van der Waals surface area contributed by atoms with E-state index in [1.807, 2.05) is 165 Å². The van der Waals surface area contributed by atoms with Crippen molar-refractivity contribution in [2.75, 3.05) is 0 Å². The highest BCUT2D eigenvalue weighted by Crippen LogP contribution is 2.45. The summed E-state index contributed by atoms with van der Waals surface area (Å²) in [6.45, 7) is 1.57. The van der Waals surface area contributed by atoms with Crippen LogP contribution >= 0.6 is 11.3 Å². The van der Waals surface area contributed by atoms with Crippen molar-refractivity contribution in [2.45, 2.75) is 32.7 Å². The third kappa shape index (κ3) is 10.8. The van der Waals surface area contributed by atoms with E-state index in [-0.39, 0.29) is 0 Å². The summed E-state index contributed by atoms with van der Waals surface area (Å²) >= 11 is 1.68. The zero-order valence-corrected chi connectivity index (χ0v) is 68.8. The van der Waals surface area contributed by atoms with Gasteiger partial charge in [0.05, 0.1) is 87.0 Å². The van der Waals surface area contributed by atoms with Crippen LogP contribution in [0.5, 0.6) is 0 Å². The number of furan rings is 1. The van der Waals surface area contributed by atoms with Gasteiger partial charge in [-0.05, 0) is 163 Å². The molecule has 0 bridgehead atoms. The molecule has 0 amide bonds. The molecule has 127 heavy (non-hydrogen) atoms. The maximum Gasteiger partial charge on any atom is 0.384 e. The predicted octanol–water partition coefficient (Wildman–Crippen LogP) is 18.0. The van der Waals surface area contributed by atoms with Crippen molar-refractivity contribution in [1.29, 1.82) is 0 Å². The number of para-hydroxylation sites is 6. The standard InChI is InChI=1S/C26H18N5.2C21H16N5.C21H14N3O.C14H8N3OS/c1-3-8-19(9-4-1)30-23-21-12-7-14-28-24(21)31(20-10-5-2-6-11-20)26(23)29-17-18-13-15-27-16-22(18)25(29)30;2*1-24-19-16(8-5-10-23-19)18-21(24)25-13-14-9-11-22-12-17(14)20(25)26(18)15-6-3-2-4-7-15;1-2-6-15(7-3-1)24-19-16-8-4-5-9-18(16)25-21(19)23-13-14-10-11-22-12-17(14)20(23)24;1-2-9-11-14(19-12(9)16-4-1)17-7-8-3-5-15-6-10(8)13(17)18-11/h1-16H,17H2;2*2-12H,13H2,1H3;1-12H,13H2;1-6H,7H2/q5*+1/i;1D3;;;. The Morgan fingerprint density at radius 2 is 0.661 bits per heavy atom. The zero-order chi connectivity index (χ0) is 86.1. The molecule has 19 aromatic heterocycles. The lowest BCUT2D eigenvalue weighted by Crippen LogP contribution is -2.33. The first-order valence-electron chi connectivity index (χ1n) is 43.5. The van der Waals surface area contributed by atoms with E-state index in [0.717, 1.165) is 171 Å². The first-order valence-corrected chi connectivity index (χ1v) is 42.8. The molecule has 602 valence electrons. The van der Waals surface area contributed by atoms with Gasteiger partial charge in [-0.25, -0.2) is 61.0 Å². The molecule has 24 heteroatoms. The number of thiophene rings is 1. The Bertz CT molecular complexity index is 8930. The number of benzene rings is 6. The number of imidazole rings is 4. The highest BCUT2D eigenvalue weighted by atomic mass is 32.1. The molecule has 25 aromatic rings. The second kappa shape index (κ2) is 28.4. The van der Waals surface area contributed by atoms with Crippen LogP contribution in [0.2, 0.25) is 0 Å². The number of aryl methyl sites for hydroxylation is 2. The molecule has 0 atom stereocenters. The maximum absolute atomic E-state index is 8.21. The van der Waals surface area contributed by atoms with Crippen LogP contribution in [0.25, 0.3) is 195 Å². The lowest BCUT2D eigenvalue weighted by molar-refractivity contribution is -0.652.